The van der Waals surface area contributed by atoms with E-state index in [9.17, 15) is 20.3 Å². The Bertz CT molecular complexity index is 919. The van der Waals surface area contributed by atoms with Gasteiger partial charge in [-0.25, -0.2) is 0 Å². The molecule has 3 aromatic rings. The SMILES string of the molecule is O=c1cc(-c2ccccc2Cl)oc2c(N(O)O)ccc([O-])c12. The van der Waals surface area contributed by atoms with Gasteiger partial charge in [0.05, 0.1) is 10.4 Å². The fourth-order valence-corrected chi connectivity index (χ4v) is 2.40. The molecule has 3 rings (SSSR count). The van der Waals surface area contributed by atoms with E-state index in [2.05, 4.69) is 0 Å². The Kier molecular flexibility index (Phi) is 3.50. The van der Waals surface area contributed by atoms with Crippen LogP contribution in [0.5, 0.6) is 5.75 Å². The molecule has 0 bridgehead atoms. The van der Waals surface area contributed by atoms with Gasteiger partial charge in [0.2, 0.25) is 0 Å². The van der Waals surface area contributed by atoms with Crippen molar-refractivity contribution >= 4 is 28.3 Å². The van der Waals surface area contributed by atoms with Crippen molar-refractivity contribution in [3.05, 3.63) is 57.7 Å². The molecular weight excluding hydrogens is 310 g/mol. The van der Waals surface area contributed by atoms with E-state index in [0.29, 0.717) is 10.6 Å². The van der Waals surface area contributed by atoms with Crippen molar-refractivity contribution in [3.8, 4) is 17.1 Å². The summed E-state index contributed by atoms with van der Waals surface area (Å²) >= 11 is 6.06. The summed E-state index contributed by atoms with van der Waals surface area (Å²) in [7, 11) is 0. The normalized spacial score (nSPS) is 10.9. The minimum atomic E-state index is -0.593. The Morgan fingerprint density at radius 2 is 1.86 bits per heavy atom. The lowest BCUT2D eigenvalue weighted by Gasteiger charge is -2.15. The van der Waals surface area contributed by atoms with Crippen LogP contribution in [-0.4, -0.2) is 10.4 Å². The first-order valence-corrected chi connectivity index (χ1v) is 6.57. The molecule has 6 nitrogen and oxygen atoms in total. The summed E-state index contributed by atoms with van der Waals surface area (Å²) in [6.45, 7) is 0. The maximum absolute atomic E-state index is 12.2. The van der Waals surface area contributed by atoms with Crippen LogP contribution in [0.1, 0.15) is 0 Å². The Labute approximate surface area is 128 Å². The van der Waals surface area contributed by atoms with Gasteiger partial charge in [0.1, 0.15) is 11.4 Å². The van der Waals surface area contributed by atoms with Crippen LogP contribution in [-0.2, 0) is 0 Å². The van der Waals surface area contributed by atoms with Gasteiger partial charge in [0.15, 0.2) is 11.0 Å². The lowest BCUT2D eigenvalue weighted by molar-refractivity contribution is -0.265. The molecule has 0 spiro atoms. The number of nitrogens with zero attached hydrogens (tertiary/aromatic N) is 1. The number of hydrogen-bond acceptors (Lipinski definition) is 6. The van der Waals surface area contributed by atoms with Crippen molar-refractivity contribution in [2.24, 2.45) is 0 Å². The van der Waals surface area contributed by atoms with Crippen molar-refractivity contribution in [3.63, 3.8) is 0 Å². The van der Waals surface area contributed by atoms with Crippen LogP contribution in [0.4, 0.5) is 5.69 Å². The van der Waals surface area contributed by atoms with E-state index in [0.717, 1.165) is 18.2 Å². The van der Waals surface area contributed by atoms with Crippen LogP contribution in [0.25, 0.3) is 22.3 Å². The van der Waals surface area contributed by atoms with E-state index in [-0.39, 0.29) is 27.6 Å². The minimum absolute atomic E-state index is 0.122. The third-order valence-corrected chi connectivity index (χ3v) is 3.50. The van der Waals surface area contributed by atoms with Crippen LogP contribution >= 0.6 is 11.6 Å². The van der Waals surface area contributed by atoms with Gasteiger partial charge in [-0.1, -0.05) is 35.5 Å². The third-order valence-electron chi connectivity index (χ3n) is 3.17. The summed E-state index contributed by atoms with van der Waals surface area (Å²) in [4.78, 5) is 12.2. The number of anilines is 1. The highest BCUT2D eigenvalue weighted by Crippen LogP contribution is 2.34. The number of hydrogen-bond donors (Lipinski definition) is 2. The van der Waals surface area contributed by atoms with E-state index in [4.69, 9.17) is 16.0 Å². The second kappa shape index (κ2) is 5.34. The molecule has 0 radical (unpaired) electrons. The van der Waals surface area contributed by atoms with Crippen LogP contribution in [0, 0.1) is 0 Å². The first-order chi connectivity index (χ1) is 10.5. The Hall–Kier alpha value is -2.54. The van der Waals surface area contributed by atoms with Gasteiger partial charge in [-0.3, -0.25) is 15.2 Å². The first kappa shape index (κ1) is 14.4. The van der Waals surface area contributed by atoms with Gasteiger partial charge in [-0.15, -0.1) is 5.23 Å². The van der Waals surface area contributed by atoms with Crippen molar-refractivity contribution in [1.82, 2.24) is 0 Å². The molecule has 0 atom stereocenters. The Morgan fingerprint density at radius 1 is 1.14 bits per heavy atom. The third kappa shape index (κ3) is 2.29. The van der Waals surface area contributed by atoms with E-state index in [1.807, 2.05) is 0 Å². The molecule has 2 aromatic carbocycles. The number of fused-ring (bicyclic) bond motifs is 1. The van der Waals surface area contributed by atoms with Crippen molar-refractivity contribution in [2.45, 2.75) is 0 Å². The standard InChI is InChI=1S/C15H10ClNO5/c16-9-4-2-1-3-8(9)13-7-12(19)14-11(18)6-5-10(17(20)21)15(14)22-13/h1-7,18,20-21H/p-1. The van der Waals surface area contributed by atoms with Crippen LogP contribution in [0.15, 0.2) is 51.7 Å². The predicted molar refractivity (Wildman–Crippen MR) is 78.4 cm³/mol. The second-order valence-corrected chi connectivity index (χ2v) is 4.94. The predicted octanol–water partition coefficient (Wildman–Crippen LogP) is 2.77. The number of rotatable bonds is 2. The Balaban J connectivity index is 2.39. The summed E-state index contributed by atoms with van der Waals surface area (Å²) in [5.74, 6) is -0.447. The zero-order valence-corrected chi connectivity index (χ0v) is 11.7. The van der Waals surface area contributed by atoms with E-state index in [1.54, 1.807) is 24.3 Å². The van der Waals surface area contributed by atoms with Crippen molar-refractivity contribution < 1.29 is 19.9 Å². The number of benzene rings is 2. The lowest BCUT2D eigenvalue weighted by Crippen LogP contribution is -2.14. The maximum Gasteiger partial charge on any atom is 0.192 e. The highest BCUT2D eigenvalue weighted by atomic mass is 35.5. The molecule has 0 amide bonds. The van der Waals surface area contributed by atoms with E-state index < -0.39 is 11.2 Å². The topological polar surface area (TPSA) is 97.0 Å². The average molecular weight is 319 g/mol. The highest BCUT2D eigenvalue weighted by Gasteiger charge is 2.15. The van der Waals surface area contributed by atoms with Crippen molar-refractivity contribution in [1.29, 1.82) is 0 Å². The zero-order valence-electron chi connectivity index (χ0n) is 11.0. The monoisotopic (exact) mass is 318 g/mol. The van der Waals surface area contributed by atoms with Crippen LogP contribution < -0.4 is 15.8 Å². The molecule has 0 aliphatic carbocycles. The molecule has 0 aliphatic heterocycles. The van der Waals surface area contributed by atoms with Crippen LogP contribution in [0.3, 0.4) is 0 Å². The molecule has 22 heavy (non-hydrogen) atoms. The molecular formula is C15H9ClNO5-. The van der Waals surface area contributed by atoms with Gasteiger partial charge < -0.3 is 9.52 Å². The quantitative estimate of drug-likeness (QED) is 0.705. The molecule has 0 fully saturated rings. The molecule has 1 heterocycles. The van der Waals surface area contributed by atoms with E-state index in [1.165, 1.54) is 0 Å². The molecule has 1 aromatic heterocycles. The van der Waals surface area contributed by atoms with Crippen LogP contribution in [0.2, 0.25) is 5.02 Å². The summed E-state index contributed by atoms with van der Waals surface area (Å²) in [6, 6.07) is 10.0. The van der Waals surface area contributed by atoms with Gasteiger partial charge in [0, 0.05) is 11.6 Å². The first-order valence-electron chi connectivity index (χ1n) is 6.19. The van der Waals surface area contributed by atoms with Crippen molar-refractivity contribution in [2.75, 3.05) is 5.23 Å². The maximum atomic E-state index is 12.2. The summed E-state index contributed by atoms with van der Waals surface area (Å²) < 4.78 is 5.54. The number of halogens is 1. The van der Waals surface area contributed by atoms with Gasteiger partial charge >= 0.3 is 0 Å². The summed E-state index contributed by atoms with van der Waals surface area (Å²) in [5, 5.41) is 30.1. The molecule has 0 unspecified atom stereocenters. The molecule has 0 saturated carbocycles. The fourth-order valence-electron chi connectivity index (χ4n) is 2.17. The zero-order chi connectivity index (χ0) is 15.9. The highest BCUT2D eigenvalue weighted by molar-refractivity contribution is 6.33. The van der Waals surface area contributed by atoms with Gasteiger partial charge in [-0.05, 0) is 18.2 Å². The Morgan fingerprint density at radius 3 is 2.55 bits per heavy atom. The average Bonchev–Trinajstić information content (AvgIpc) is 2.47. The minimum Gasteiger partial charge on any atom is -0.872 e. The largest absolute Gasteiger partial charge is 0.872 e. The lowest BCUT2D eigenvalue weighted by atomic mass is 10.1. The molecule has 112 valence electrons. The van der Waals surface area contributed by atoms with Gasteiger partial charge in [-0.2, -0.15) is 0 Å². The van der Waals surface area contributed by atoms with E-state index >= 15 is 0 Å². The summed E-state index contributed by atoms with van der Waals surface area (Å²) in [5.41, 5.74) is -0.585. The molecule has 2 N–H and O–H groups in total. The second-order valence-electron chi connectivity index (χ2n) is 4.53. The fraction of sp³-hybridized carbons (Fsp3) is 0. The smallest absolute Gasteiger partial charge is 0.192 e. The molecule has 0 saturated heterocycles. The molecule has 7 heteroatoms. The summed E-state index contributed by atoms with van der Waals surface area (Å²) in [6.07, 6.45) is 0. The molecule has 0 aliphatic rings. The van der Waals surface area contributed by atoms with Gasteiger partial charge in [0.25, 0.3) is 0 Å².